The molecule has 19 heavy (non-hydrogen) atoms. The average molecular weight is 376 g/mol. The van der Waals surface area contributed by atoms with Crippen molar-refractivity contribution in [3.63, 3.8) is 0 Å². The van der Waals surface area contributed by atoms with Crippen molar-refractivity contribution in [1.82, 2.24) is 8.59 Å². The molecule has 0 bridgehead atoms. The van der Waals surface area contributed by atoms with Gasteiger partial charge in [0, 0.05) is 35.5 Å². The maximum atomic E-state index is 11.0. The van der Waals surface area contributed by atoms with Gasteiger partial charge in [-0.05, 0) is 18.4 Å². The summed E-state index contributed by atoms with van der Waals surface area (Å²) in [5.74, 6) is -0.752. The summed E-state index contributed by atoms with van der Waals surface area (Å²) < 4.78 is 1.83. The zero-order valence-corrected chi connectivity index (χ0v) is 12.6. The fourth-order valence-electron chi connectivity index (χ4n) is 2.08. The minimum absolute atomic E-state index is 0.177. The summed E-state index contributed by atoms with van der Waals surface area (Å²) in [6.07, 6.45) is 1.45. The van der Waals surface area contributed by atoms with Crippen LogP contribution in [-0.4, -0.2) is 32.8 Å². The SMILES string of the molecule is O=C(O)[C@@H]1CCC(NOCc2ccccc2)CN1I. The van der Waals surface area contributed by atoms with Crippen LogP contribution >= 0.6 is 22.9 Å². The first-order valence-corrected chi connectivity index (χ1v) is 7.20. The summed E-state index contributed by atoms with van der Waals surface area (Å²) in [4.78, 5) is 16.4. The van der Waals surface area contributed by atoms with E-state index in [9.17, 15) is 4.79 Å². The molecule has 104 valence electrons. The molecule has 2 N–H and O–H groups in total. The Kier molecular flexibility index (Phi) is 5.56. The molecule has 0 aliphatic carbocycles. The third kappa shape index (κ3) is 4.41. The Bertz CT molecular complexity index is 416. The lowest BCUT2D eigenvalue weighted by atomic mass is 10.0. The first kappa shape index (κ1) is 14.7. The number of aliphatic carboxylic acids is 1. The number of benzene rings is 1. The Morgan fingerprint density at radius 1 is 1.42 bits per heavy atom. The van der Waals surface area contributed by atoms with Gasteiger partial charge in [0.15, 0.2) is 0 Å². The molecule has 5 nitrogen and oxygen atoms in total. The summed E-state index contributed by atoms with van der Waals surface area (Å²) in [5.41, 5.74) is 4.13. The van der Waals surface area contributed by atoms with Crippen LogP contribution in [0.5, 0.6) is 0 Å². The fourth-order valence-corrected chi connectivity index (χ4v) is 3.08. The van der Waals surface area contributed by atoms with Gasteiger partial charge in [0.25, 0.3) is 0 Å². The first-order chi connectivity index (χ1) is 9.16. The second-order valence-electron chi connectivity index (χ2n) is 4.60. The second-order valence-corrected chi connectivity index (χ2v) is 5.84. The summed E-state index contributed by atoms with van der Waals surface area (Å²) >= 11 is 2.07. The molecular weight excluding hydrogens is 359 g/mol. The lowest BCUT2D eigenvalue weighted by molar-refractivity contribution is -0.142. The van der Waals surface area contributed by atoms with Crippen LogP contribution in [0, 0.1) is 0 Å². The molecule has 1 fully saturated rings. The molecule has 1 heterocycles. The smallest absolute Gasteiger partial charge is 0.321 e. The Morgan fingerprint density at radius 3 is 2.79 bits per heavy atom. The van der Waals surface area contributed by atoms with Crippen LogP contribution in [0.15, 0.2) is 30.3 Å². The molecule has 2 rings (SSSR count). The number of hydroxylamine groups is 1. The molecule has 0 radical (unpaired) electrons. The molecule has 1 aromatic carbocycles. The van der Waals surface area contributed by atoms with Crippen molar-refractivity contribution in [1.29, 1.82) is 0 Å². The maximum absolute atomic E-state index is 11.0. The number of nitrogens with one attached hydrogen (secondary N) is 1. The van der Waals surface area contributed by atoms with Gasteiger partial charge in [-0.25, -0.2) is 3.11 Å². The molecule has 1 aromatic rings. The van der Waals surface area contributed by atoms with Crippen molar-refractivity contribution in [3.8, 4) is 0 Å². The van der Waals surface area contributed by atoms with E-state index < -0.39 is 5.97 Å². The molecule has 1 unspecified atom stereocenters. The highest BCUT2D eigenvalue weighted by Crippen LogP contribution is 2.21. The van der Waals surface area contributed by atoms with E-state index in [1.807, 2.05) is 33.4 Å². The summed E-state index contributed by atoms with van der Waals surface area (Å²) in [7, 11) is 0. The van der Waals surface area contributed by atoms with Crippen LogP contribution in [0.3, 0.4) is 0 Å². The molecule has 1 aliphatic rings. The monoisotopic (exact) mass is 376 g/mol. The molecule has 0 aromatic heterocycles. The number of rotatable bonds is 5. The Balaban J connectivity index is 1.72. The maximum Gasteiger partial charge on any atom is 0.321 e. The standard InChI is InChI=1S/C13H17IN2O3/c14-16-8-11(6-7-12(16)13(17)18)15-19-9-10-4-2-1-3-5-10/h1-5,11-12,15H,6-9H2,(H,17,18)/t11?,12-/m0/s1. The number of hydrogen-bond acceptors (Lipinski definition) is 4. The van der Waals surface area contributed by atoms with E-state index in [1.54, 1.807) is 0 Å². The van der Waals surface area contributed by atoms with Gasteiger partial charge in [0.05, 0.1) is 6.61 Å². The van der Waals surface area contributed by atoms with E-state index in [1.165, 1.54) is 0 Å². The highest BCUT2D eigenvalue weighted by molar-refractivity contribution is 14.1. The highest BCUT2D eigenvalue weighted by atomic mass is 127. The number of carboxylic acid groups (broad SMARTS) is 1. The van der Waals surface area contributed by atoms with Gasteiger partial charge in [-0.3, -0.25) is 9.63 Å². The van der Waals surface area contributed by atoms with Crippen molar-refractivity contribution in [2.45, 2.75) is 31.5 Å². The van der Waals surface area contributed by atoms with Crippen molar-refractivity contribution in [2.24, 2.45) is 0 Å². The van der Waals surface area contributed by atoms with Gasteiger partial charge in [0.2, 0.25) is 0 Å². The second kappa shape index (κ2) is 7.18. The van der Waals surface area contributed by atoms with Gasteiger partial charge in [-0.15, -0.1) is 0 Å². The Hall–Kier alpha value is -0.700. The number of hydrogen-bond donors (Lipinski definition) is 2. The van der Waals surface area contributed by atoms with Gasteiger partial charge in [0.1, 0.15) is 6.04 Å². The first-order valence-electron chi connectivity index (χ1n) is 6.23. The van der Waals surface area contributed by atoms with Gasteiger partial charge in [-0.1, -0.05) is 30.3 Å². The van der Waals surface area contributed by atoms with E-state index >= 15 is 0 Å². The van der Waals surface area contributed by atoms with E-state index in [2.05, 4.69) is 28.3 Å². The lowest BCUT2D eigenvalue weighted by Crippen LogP contribution is -2.48. The predicted molar refractivity (Wildman–Crippen MR) is 79.5 cm³/mol. The number of carbonyl (C=O) groups is 1. The molecular formula is C13H17IN2O3. The van der Waals surface area contributed by atoms with Crippen LogP contribution in [0.2, 0.25) is 0 Å². The van der Waals surface area contributed by atoms with E-state index in [4.69, 9.17) is 9.94 Å². The van der Waals surface area contributed by atoms with Crippen LogP contribution in [-0.2, 0) is 16.2 Å². The van der Waals surface area contributed by atoms with Crippen molar-refractivity contribution in [2.75, 3.05) is 6.54 Å². The Morgan fingerprint density at radius 2 is 2.16 bits per heavy atom. The minimum atomic E-state index is -0.752. The van der Waals surface area contributed by atoms with Crippen LogP contribution < -0.4 is 5.48 Å². The molecule has 0 saturated carbocycles. The Labute approximate surface area is 126 Å². The van der Waals surface area contributed by atoms with Crippen molar-refractivity contribution < 1.29 is 14.7 Å². The summed E-state index contributed by atoms with van der Waals surface area (Å²) in [6.45, 7) is 1.19. The molecule has 2 atom stereocenters. The molecule has 0 spiro atoms. The van der Waals surface area contributed by atoms with E-state index in [0.29, 0.717) is 19.6 Å². The van der Waals surface area contributed by atoms with Crippen molar-refractivity contribution >= 4 is 28.8 Å². The van der Waals surface area contributed by atoms with E-state index in [-0.39, 0.29) is 12.1 Å². The lowest BCUT2D eigenvalue weighted by Gasteiger charge is -2.33. The third-order valence-electron chi connectivity index (χ3n) is 3.14. The number of nitrogens with zero attached hydrogens (tertiary/aromatic N) is 1. The topological polar surface area (TPSA) is 61.8 Å². The predicted octanol–water partition coefficient (Wildman–Crippen LogP) is 1.98. The van der Waals surface area contributed by atoms with Crippen LogP contribution in [0.4, 0.5) is 0 Å². The minimum Gasteiger partial charge on any atom is -0.480 e. The quantitative estimate of drug-likeness (QED) is 0.468. The fraction of sp³-hybridized carbons (Fsp3) is 0.462. The number of carboxylic acids is 1. The third-order valence-corrected chi connectivity index (χ3v) is 4.20. The van der Waals surface area contributed by atoms with Crippen molar-refractivity contribution in [3.05, 3.63) is 35.9 Å². The number of piperidine rings is 1. The summed E-state index contributed by atoms with van der Waals surface area (Å²) in [5, 5.41) is 9.02. The van der Waals surface area contributed by atoms with E-state index in [0.717, 1.165) is 12.0 Å². The molecule has 6 heteroatoms. The van der Waals surface area contributed by atoms with Gasteiger partial charge in [-0.2, -0.15) is 5.48 Å². The zero-order chi connectivity index (χ0) is 13.7. The largest absolute Gasteiger partial charge is 0.480 e. The number of halogens is 1. The van der Waals surface area contributed by atoms with Crippen LogP contribution in [0.25, 0.3) is 0 Å². The molecule has 1 saturated heterocycles. The zero-order valence-electron chi connectivity index (χ0n) is 10.5. The average Bonchev–Trinajstić information content (AvgIpc) is 2.39. The molecule has 1 aliphatic heterocycles. The summed E-state index contributed by atoms with van der Waals surface area (Å²) in [6, 6.07) is 9.73. The highest BCUT2D eigenvalue weighted by Gasteiger charge is 2.31. The van der Waals surface area contributed by atoms with Crippen LogP contribution in [0.1, 0.15) is 18.4 Å². The van der Waals surface area contributed by atoms with Gasteiger partial charge >= 0.3 is 5.97 Å². The normalized spacial score (nSPS) is 24.3. The molecule has 0 amide bonds. The van der Waals surface area contributed by atoms with Gasteiger partial charge < -0.3 is 5.11 Å².